The van der Waals surface area contributed by atoms with Gasteiger partial charge in [0.15, 0.2) is 0 Å². The maximum Gasteiger partial charge on any atom is 0.212 e. The van der Waals surface area contributed by atoms with Crippen LogP contribution in [0.1, 0.15) is 0 Å². The molecule has 0 fully saturated rings. The van der Waals surface area contributed by atoms with Crippen LogP contribution in [0.2, 0.25) is 0 Å². The summed E-state index contributed by atoms with van der Waals surface area (Å²) in [7, 11) is 3.54. The van der Waals surface area contributed by atoms with Gasteiger partial charge in [-0.25, -0.2) is 0 Å². The Bertz CT molecular complexity index is 79.4. The fraction of sp³-hybridized carbons (Fsp3) is 0.667. The van der Waals surface area contributed by atoms with Gasteiger partial charge in [0.25, 0.3) is 0 Å². The SMILES string of the molecule is CN(C)C(N)=NN.Cl. The molecule has 0 aromatic carbocycles. The summed E-state index contributed by atoms with van der Waals surface area (Å²) < 4.78 is 0. The summed E-state index contributed by atoms with van der Waals surface area (Å²) >= 11 is 0. The van der Waals surface area contributed by atoms with E-state index in [2.05, 4.69) is 5.10 Å². The van der Waals surface area contributed by atoms with Crippen molar-refractivity contribution in [1.29, 1.82) is 0 Å². The minimum Gasteiger partial charge on any atom is -0.368 e. The Morgan fingerprint density at radius 3 is 1.88 bits per heavy atom. The van der Waals surface area contributed by atoms with Crippen LogP contribution < -0.4 is 11.6 Å². The molecule has 4 N–H and O–H groups in total. The van der Waals surface area contributed by atoms with Gasteiger partial charge in [-0.3, -0.25) is 0 Å². The monoisotopic (exact) mass is 138 g/mol. The second-order valence-corrected chi connectivity index (χ2v) is 1.38. The Morgan fingerprint density at radius 2 is 1.88 bits per heavy atom. The van der Waals surface area contributed by atoms with Gasteiger partial charge >= 0.3 is 0 Å². The van der Waals surface area contributed by atoms with Crippen LogP contribution in [0.5, 0.6) is 0 Å². The molecule has 0 heterocycles. The second-order valence-electron chi connectivity index (χ2n) is 1.38. The third kappa shape index (κ3) is 3.55. The normalized spacial score (nSPS) is 10.0. The lowest BCUT2D eigenvalue weighted by atomic mass is 10.8. The molecule has 0 radical (unpaired) electrons. The average molecular weight is 139 g/mol. The molecule has 0 saturated carbocycles. The number of halogens is 1. The Hall–Kier alpha value is -0.640. The summed E-state index contributed by atoms with van der Waals surface area (Å²) in [4.78, 5) is 1.62. The number of hydrogen-bond acceptors (Lipinski definition) is 2. The minimum atomic E-state index is 0. The quantitative estimate of drug-likeness (QED) is 0.199. The van der Waals surface area contributed by atoms with Crippen LogP contribution in [-0.2, 0) is 0 Å². The highest BCUT2D eigenvalue weighted by molar-refractivity contribution is 5.85. The van der Waals surface area contributed by atoms with E-state index in [0.29, 0.717) is 5.96 Å². The molecule has 0 spiro atoms. The van der Waals surface area contributed by atoms with Gasteiger partial charge in [-0.1, -0.05) is 0 Å². The van der Waals surface area contributed by atoms with Crippen LogP contribution >= 0.6 is 12.4 Å². The number of guanidine groups is 1. The molecule has 0 bridgehead atoms. The van der Waals surface area contributed by atoms with Crippen molar-refractivity contribution in [3.63, 3.8) is 0 Å². The van der Waals surface area contributed by atoms with E-state index in [1.165, 1.54) is 0 Å². The van der Waals surface area contributed by atoms with Gasteiger partial charge in [0.2, 0.25) is 5.96 Å². The molecule has 4 nitrogen and oxygen atoms in total. The number of hydrazone groups is 1. The second kappa shape index (κ2) is 4.52. The van der Waals surface area contributed by atoms with Gasteiger partial charge in [0.1, 0.15) is 0 Å². The number of nitrogens with two attached hydrogens (primary N) is 2. The summed E-state index contributed by atoms with van der Waals surface area (Å²) in [5.74, 6) is 5.13. The molecule has 8 heavy (non-hydrogen) atoms. The highest BCUT2D eigenvalue weighted by Crippen LogP contribution is 1.66. The Labute approximate surface area is 54.9 Å². The van der Waals surface area contributed by atoms with Crippen LogP contribution in [0.15, 0.2) is 5.10 Å². The summed E-state index contributed by atoms with van der Waals surface area (Å²) in [6.07, 6.45) is 0. The number of nitrogens with zero attached hydrogens (tertiary/aromatic N) is 2. The van der Waals surface area contributed by atoms with Crippen LogP contribution in [-0.4, -0.2) is 25.0 Å². The topological polar surface area (TPSA) is 67.6 Å². The maximum absolute atomic E-state index is 5.17. The lowest BCUT2D eigenvalue weighted by molar-refractivity contribution is 0.611. The van der Waals surface area contributed by atoms with E-state index in [0.717, 1.165) is 0 Å². The van der Waals surface area contributed by atoms with Crippen molar-refractivity contribution in [2.45, 2.75) is 0 Å². The summed E-state index contributed by atoms with van der Waals surface area (Å²) in [6, 6.07) is 0. The van der Waals surface area contributed by atoms with Gasteiger partial charge in [0.05, 0.1) is 0 Å². The van der Waals surface area contributed by atoms with Gasteiger partial charge in [-0.05, 0) is 0 Å². The van der Waals surface area contributed by atoms with Crippen molar-refractivity contribution in [2.75, 3.05) is 14.1 Å². The van der Waals surface area contributed by atoms with Crippen LogP contribution in [0.3, 0.4) is 0 Å². The third-order valence-electron chi connectivity index (χ3n) is 0.590. The fourth-order valence-electron chi connectivity index (χ4n) is 0.115. The first kappa shape index (κ1) is 10.4. The van der Waals surface area contributed by atoms with E-state index in [1.807, 2.05) is 0 Å². The van der Waals surface area contributed by atoms with E-state index in [-0.39, 0.29) is 12.4 Å². The fourth-order valence-corrected chi connectivity index (χ4v) is 0.115. The lowest BCUT2D eigenvalue weighted by Gasteiger charge is -2.07. The summed E-state index contributed by atoms with van der Waals surface area (Å²) in [5.41, 5.74) is 5.17. The Kier molecular flexibility index (Phi) is 5.85. The molecule has 0 amide bonds. The van der Waals surface area contributed by atoms with Crippen LogP contribution in [0.25, 0.3) is 0 Å². The largest absolute Gasteiger partial charge is 0.368 e. The van der Waals surface area contributed by atoms with Crippen molar-refractivity contribution in [1.82, 2.24) is 4.90 Å². The van der Waals surface area contributed by atoms with Crippen molar-refractivity contribution in [2.24, 2.45) is 16.7 Å². The molecule has 0 aliphatic carbocycles. The highest BCUT2D eigenvalue weighted by atomic mass is 35.5. The van der Waals surface area contributed by atoms with Crippen molar-refractivity contribution >= 4 is 18.4 Å². The Morgan fingerprint density at radius 1 is 1.50 bits per heavy atom. The van der Waals surface area contributed by atoms with Crippen molar-refractivity contribution in [3.05, 3.63) is 0 Å². The first-order valence-electron chi connectivity index (χ1n) is 1.89. The smallest absolute Gasteiger partial charge is 0.212 e. The minimum absolute atomic E-state index is 0. The molecule has 0 rings (SSSR count). The van der Waals surface area contributed by atoms with Gasteiger partial charge < -0.3 is 16.5 Å². The van der Waals surface area contributed by atoms with E-state index in [9.17, 15) is 0 Å². The predicted molar refractivity (Wildman–Crippen MR) is 36.7 cm³/mol. The van der Waals surface area contributed by atoms with Gasteiger partial charge in [0, 0.05) is 14.1 Å². The first-order chi connectivity index (χ1) is 3.18. The van der Waals surface area contributed by atoms with Crippen molar-refractivity contribution in [3.8, 4) is 0 Å². The van der Waals surface area contributed by atoms with Gasteiger partial charge in [-0.2, -0.15) is 0 Å². The van der Waals surface area contributed by atoms with E-state index in [4.69, 9.17) is 11.6 Å². The molecule has 5 heteroatoms. The molecule has 0 unspecified atom stereocenters. The zero-order valence-electron chi connectivity index (χ0n) is 4.96. The van der Waals surface area contributed by atoms with E-state index >= 15 is 0 Å². The highest BCUT2D eigenvalue weighted by Gasteiger charge is 1.87. The molecule has 0 saturated heterocycles. The molecule has 50 valence electrons. The lowest BCUT2D eigenvalue weighted by Crippen LogP contribution is -2.31. The van der Waals surface area contributed by atoms with Crippen molar-refractivity contribution < 1.29 is 0 Å². The molecule has 0 aromatic rings. The predicted octanol–water partition coefficient (Wildman–Crippen LogP) is -0.842. The standard InChI is InChI=1S/C3H10N4.ClH/c1-7(2)3(4)6-5;/h5H2,1-2H3,(H2,4,6);1H. The maximum atomic E-state index is 5.17. The summed E-state index contributed by atoms with van der Waals surface area (Å²) in [5, 5.41) is 3.21. The zero-order valence-corrected chi connectivity index (χ0v) is 5.77. The molecular formula is C3H11ClN4. The van der Waals surface area contributed by atoms with Crippen LogP contribution in [0, 0.1) is 0 Å². The van der Waals surface area contributed by atoms with E-state index < -0.39 is 0 Å². The Balaban J connectivity index is 0. The molecular weight excluding hydrogens is 128 g/mol. The number of hydrogen-bond donors (Lipinski definition) is 2. The van der Waals surface area contributed by atoms with Gasteiger partial charge in [-0.15, -0.1) is 17.5 Å². The third-order valence-corrected chi connectivity index (χ3v) is 0.590. The first-order valence-corrected chi connectivity index (χ1v) is 1.89. The number of rotatable bonds is 0. The molecule has 0 aliphatic rings. The van der Waals surface area contributed by atoms with Crippen LogP contribution in [0.4, 0.5) is 0 Å². The summed E-state index contributed by atoms with van der Waals surface area (Å²) in [6.45, 7) is 0. The molecule has 0 aliphatic heterocycles. The molecule has 0 aromatic heterocycles. The average Bonchev–Trinajstić information content (AvgIpc) is 1.65. The zero-order chi connectivity index (χ0) is 5.86. The van der Waals surface area contributed by atoms with E-state index in [1.54, 1.807) is 19.0 Å². The molecule has 0 atom stereocenters.